The maximum absolute atomic E-state index is 12.2. The van der Waals surface area contributed by atoms with Crippen LogP contribution in [0.25, 0.3) is 0 Å². The average molecular weight is 615 g/mol. The minimum Gasteiger partial charge on any atom is -0.497 e. The Kier molecular flexibility index (Phi) is 14.2. The number of ether oxygens (including phenoxy) is 3. The lowest BCUT2D eigenvalue weighted by molar-refractivity contribution is -0.161. The lowest BCUT2D eigenvalue weighted by atomic mass is 10.00. The van der Waals surface area contributed by atoms with Crippen molar-refractivity contribution in [1.82, 2.24) is 0 Å². The van der Waals surface area contributed by atoms with Crippen molar-refractivity contribution < 1.29 is 38.1 Å². The molecule has 0 fully saturated rings. The van der Waals surface area contributed by atoms with Crippen LogP contribution in [-0.2, 0) is 29.7 Å². The van der Waals surface area contributed by atoms with Gasteiger partial charge in [0.25, 0.3) is 0 Å². The molecule has 0 unspecified atom stereocenters. The van der Waals surface area contributed by atoms with E-state index < -0.39 is 40.9 Å². The summed E-state index contributed by atoms with van der Waals surface area (Å²) in [6.07, 6.45) is -3.66. The summed E-state index contributed by atoms with van der Waals surface area (Å²) < 4.78 is 30.3. The quantitative estimate of drug-likeness (QED) is 0.162. The van der Waals surface area contributed by atoms with Crippen LogP contribution in [-0.4, -0.2) is 77.1 Å². The molecule has 5 atom stereocenters. The molecule has 0 spiro atoms. The van der Waals surface area contributed by atoms with Gasteiger partial charge in [-0.3, -0.25) is 0 Å². The Morgan fingerprint density at radius 3 is 1.85 bits per heavy atom. The van der Waals surface area contributed by atoms with E-state index in [9.17, 15) is 15.0 Å². The molecule has 1 aromatic rings. The predicted molar refractivity (Wildman–Crippen MR) is 169 cm³/mol. The molecule has 8 nitrogen and oxygen atoms in total. The smallest absolute Gasteiger partial charge is 0.337 e. The van der Waals surface area contributed by atoms with Gasteiger partial charge in [-0.05, 0) is 67.8 Å². The first kappa shape index (κ1) is 37.7. The molecule has 1 aromatic carbocycles. The van der Waals surface area contributed by atoms with Gasteiger partial charge in [-0.1, -0.05) is 53.7 Å². The van der Waals surface area contributed by atoms with Crippen molar-refractivity contribution in [2.75, 3.05) is 13.7 Å². The first-order chi connectivity index (χ1) is 18.6. The molecule has 0 bridgehead atoms. The normalized spacial score (nSPS) is 17.0. The zero-order valence-electron chi connectivity index (χ0n) is 27.9. The van der Waals surface area contributed by atoms with Crippen molar-refractivity contribution in [1.29, 1.82) is 0 Å². The summed E-state index contributed by atoms with van der Waals surface area (Å²) in [7, 11) is -2.73. The molecule has 1 rings (SSSR count). The van der Waals surface area contributed by atoms with E-state index in [4.69, 9.17) is 23.1 Å². The summed E-state index contributed by atoms with van der Waals surface area (Å²) in [6, 6.07) is 7.58. The molecule has 0 aromatic heterocycles. The van der Waals surface area contributed by atoms with Gasteiger partial charge in [0.05, 0.1) is 44.7 Å². The number of carbonyl (C=O) groups is 1. The Bertz CT molecular complexity index is 922. The van der Waals surface area contributed by atoms with E-state index in [1.54, 1.807) is 14.0 Å². The minimum atomic E-state index is -2.23. The third-order valence-corrected chi connectivity index (χ3v) is 17.7. The van der Waals surface area contributed by atoms with E-state index >= 15 is 0 Å². The SMILES string of the molecule is CCOC(=O)[C@@H](O)[C@H](O)C[C@@H](C[C@@H](O[Si](C)(C)C(C)(C)C)[C@@H](C)O[Si](C)(C)C(C)(C)C)OCc1ccc(OC)cc1. The van der Waals surface area contributed by atoms with Gasteiger partial charge in [-0.2, -0.15) is 0 Å². The van der Waals surface area contributed by atoms with Gasteiger partial charge in [0.1, 0.15) is 5.75 Å². The molecule has 0 aliphatic heterocycles. The van der Waals surface area contributed by atoms with Crippen molar-refractivity contribution in [3.05, 3.63) is 29.8 Å². The van der Waals surface area contributed by atoms with Crippen LogP contribution in [0, 0.1) is 0 Å². The number of aliphatic hydroxyl groups excluding tert-OH is 2. The highest BCUT2D eigenvalue weighted by molar-refractivity contribution is 6.74. The van der Waals surface area contributed by atoms with E-state index in [1.807, 2.05) is 24.3 Å². The van der Waals surface area contributed by atoms with Crippen LogP contribution in [0.4, 0.5) is 0 Å². The summed E-state index contributed by atoms with van der Waals surface area (Å²) in [6.45, 7) is 26.2. The maximum Gasteiger partial charge on any atom is 0.337 e. The fourth-order valence-corrected chi connectivity index (χ4v) is 6.65. The second-order valence-corrected chi connectivity index (χ2v) is 23.5. The molecule has 10 heteroatoms. The van der Waals surface area contributed by atoms with Gasteiger partial charge < -0.3 is 33.3 Å². The standard InChI is InChI=1S/C31H58O8Si2/c1-14-36-29(34)28(33)26(32)19-25(37-21-23-15-17-24(35-9)18-16-23)20-27(39-41(12,13)31(6,7)8)22(2)38-40(10,11)30(3,4)5/h15-18,22,25-28,32-33H,14,19-21H2,1-13H3/t22-,25+,26-,27-,28+/m1/s1. The molecule has 0 aliphatic rings. The lowest BCUT2D eigenvalue weighted by Crippen LogP contribution is -2.52. The van der Waals surface area contributed by atoms with Crippen molar-refractivity contribution in [3.8, 4) is 5.75 Å². The zero-order valence-corrected chi connectivity index (χ0v) is 29.9. The minimum absolute atomic E-state index is 0.0208. The highest BCUT2D eigenvalue weighted by Crippen LogP contribution is 2.41. The van der Waals surface area contributed by atoms with Crippen LogP contribution in [0.5, 0.6) is 5.75 Å². The van der Waals surface area contributed by atoms with Crippen LogP contribution in [0.2, 0.25) is 36.3 Å². The van der Waals surface area contributed by atoms with Crippen LogP contribution in [0.1, 0.15) is 73.8 Å². The number of carbonyl (C=O) groups excluding carboxylic acids is 1. The lowest BCUT2D eigenvalue weighted by Gasteiger charge is -2.45. The van der Waals surface area contributed by atoms with Crippen LogP contribution < -0.4 is 4.74 Å². The topological polar surface area (TPSA) is 104 Å². The molecule has 238 valence electrons. The molecule has 0 aliphatic carbocycles. The molecule has 0 radical (unpaired) electrons. The van der Waals surface area contributed by atoms with Crippen LogP contribution >= 0.6 is 0 Å². The van der Waals surface area contributed by atoms with Gasteiger partial charge in [-0.25, -0.2) is 4.79 Å². The monoisotopic (exact) mass is 614 g/mol. The third-order valence-electron chi connectivity index (χ3n) is 8.60. The molecule has 2 N–H and O–H groups in total. The van der Waals surface area contributed by atoms with Crippen molar-refractivity contribution in [3.63, 3.8) is 0 Å². The molecule has 0 saturated heterocycles. The Morgan fingerprint density at radius 2 is 1.39 bits per heavy atom. The zero-order chi connectivity index (χ0) is 31.8. The van der Waals surface area contributed by atoms with Crippen molar-refractivity contribution >= 4 is 22.6 Å². The number of rotatable bonds is 16. The number of esters is 1. The molecular weight excluding hydrogens is 557 g/mol. The summed E-state index contributed by atoms with van der Waals surface area (Å²) >= 11 is 0. The second kappa shape index (κ2) is 15.4. The van der Waals surface area contributed by atoms with Crippen LogP contribution in [0.15, 0.2) is 24.3 Å². The Labute approximate surface area is 251 Å². The summed E-state index contributed by atoms with van der Waals surface area (Å²) in [5.74, 6) is -0.102. The average Bonchev–Trinajstić information content (AvgIpc) is 2.84. The second-order valence-electron chi connectivity index (χ2n) is 14.0. The highest BCUT2D eigenvalue weighted by Gasteiger charge is 2.44. The van der Waals surface area contributed by atoms with Gasteiger partial charge >= 0.3 is 5.97 Å². The highest BCUT2D eigenvalue weighted by atomic mass is 28.4. The van der Waals surface area contributed by atoms with Crippen LogP contribution in [0.3, 0.4) is 0 Å². The van der Waals surface area contributed by atoms with Gasteiger partial charge in [0, 0.05) is 12.8 Å². The number of hydrogen-bond donors (Lipinski definition) is 2. The summed E-state index contributed by atoms with van der Waals surface area (Å²) in [4.78, 5) is 12.2. The summed E-state index contributed by atoms with van der Waals surface area (Å²) in [5, 5.41) is 21.3. The molecule has 0 saturated carbocycles. The van der Waals surface area contributed by atoms with Gasteiger partial charge in [0.15, 0.2) is 22.7 Å². The molecule has 0 heterocycles. The van der Waals surface area contributed by atoms with Crippen molar-refractivity contribution in [2.24, 2.45) is 0 Å². The number of benzene rings is 1. The fraction of sp³-hybridized carbons (Fsp3) is 0.774. The Hall–Kier alpha value is -1.28. The summed E-state index contributed by atoms with van der Waals surface area (Å²) in [5.41, 5.74) is 0.934. The molecule has 41 heavy (non-hydrogen) atoms. The van der Waals surface area contributed by atoms with Crippen molar-refractivity contribution in [2.45, 2.75) is 142 Å². The number of hydrogen-bond acceptors (Lipinski definition) is 8. The molecular formula is C31H58O8Si2. The van der Waals surface area contributed by atoms with Gasteiger partial charge in [-0.15, -0.1) is 0 Å². The Morgan fingerprint density at radius 1 is 0.878 bits per heavy atom. The first-order valence-corrected chi connectivity index (χ1v) is 20.6. The largest absolute Gasteiger partial charge is 0.497 e. The third kappa shape index (κ3) is 11.7. The molecule has 0 amide bonds. The van der Waals surface area contributed by atoms with Gasteiger partial charge in [0.2, 0.25) is 0 Å². The fourth-order valence-electron chi connectivity index (χ4n) is 3.82. The number of methoxy groups -OCH3 is 1. The van der Waals surface area contributed by atoms with E-state index in [1.165, 1.54) is 0 Å². The predicted octanol–water partition coefficient (Wildman–Crippen LogP) is 6.45. The number of aliphatic hydroxyl groups is 2. The van der Waals surface area contributed by atoms with E-state index in [-0.39, 0.29) is 41.9 Å². The maximum atomic E-state index is 12.2. The first-order valence-electron chi connectivity index (χ1n) is 14.8. The van der Waals surface area contributed by atoms with E-state index in [2.05, 4.69) is 74.7 Å². The van der Waals surface area contributed by atoms with E-state index in [0.717, 1.165) is 11.3 Å². The van der Waals surface area contributed by atoms with E-state index in [0.29, 0.717) is 6.42 Å². The Balaban J connectivity index is 3.35.